The van der Waals surface area contributed by atoms with Gasteiger partial charge in [-0.25, -0.2) is 17.4 Å². The first kappa shape index (κ1) is 15.9. The highest BCUT2D eigenvalue weighted by Crippen LogP contribution is 2.36. The maximum Gasteiger partial charge on any atom is 0.268 e. The fraction of sp³-hybridized carbons (Fsp3) is 0.0556. The van der Waals surface area contributed by atoms with Crippen molar-refractivity contribution < 1.29 is 8.42 Å². The second-order valence-electron chi connectivity index (χ2n) is 5.63. The van der Waals surface area contributed by atoms with Gasteiger partial charge >= 0.3 is 0 Å². The SMILES string of the molecule is Cc1sc(N)nc1-c1cn(S(=O)(=O)c2ccccc2)c2ccccc12. The summed E-state index contributed by atoms with van der Waals surface area (Å²) >= 11 is 1.39. The van der Waals surface area contributed by atoms with Gasteiger partial charge in [0.15, 0.2) is 5.13 Å². The van der Waals surface area contributed by atoms with Crippen LogP contribution >= 0.6 is 11.3 Å². The minimum Gasteiger partial charge on any atom is -0.375 e. The van der Waals surface area contributed by atoms with Crippen molar-refractivity contribution in [1.29, 1.82) is 0 Å². The van der Waals surface area contributed by atoms with Crippen molar-refractivity contribution in [1.82, 2.24) is 8.96 Å². The number of hydrogen-bond donors (Lipinski definition) is 1. The molecule has 0 unspecified atom stereocenters. The first-order chi connectivity index (χ1) is 12.0. The summed E-state index contributed by atoms with van der Waals surface area (Å²) in [6, 6.07) is 15.8. The number of hydrogen-bond acceptors (Lipinski definition) is 5. The third-order valence-corrected chi connectivity index (χ3v) is 6.53. The number of thiazole rings is 1. The van der Waals surface area contributed by atoms with E-state index in [1.54, 1.807) is 42.6 Å². The Morgan fingerprint density at radius 1 is 1.04 bits per heavy atom. The summed E-state index contributed by atoms with van der Waals surface area (Å²) in [5.74, 6) is 0. The number of aromatic nitrogens is 2. The van der Waals surface area contributed by atoms with Crippen LogP contribution in [0.3, 0.4) is 0 Å². The average Bonchev–Trinajstić information content (AvgIpc) is 3.15. The smallest absolute Gasteiger partial charge is 0.268 e. The summed E-state index contributed by atoms with van der Waals surface area (Å²) in [7, 11) is -3.70. The van der Waals surface area contributed by atoms with E-state index in [-0.39, 0.29) is 4.90 Å². The number of fused-ring (bicyclic) bond motifs is 1. The van der Waals surface area contributed by atoms with E-state index in [9.17, 15) is 8.42 Å². The zero-order valence-electron chi connectivity index (χ0n) is 13.4. The minimum absolute atomic E-state index is 0.247. The zero-order valence-corrected chi connectivity index (χ0v) is 15.0. The highest BCUT2D eigenvalue weighted by Gasteiger charge is 2.23. The molecule has 0 amide bonds. The minimum atomic E-state index is -3.70. The van der Waals surface area contributed by atoms with Gasteiger partial charge in [0.2, 0.25) is 0 Å². The molecular weight excluding hydrogens is 354 g/mol. The van der Waals surface area contributed by atoms with Gasteiger partial charge in [0.05, 0.1) is 16.1 Å². The molecule has 4 rings (SSSR count). The normalized spacial score (nSPS) is 11.9. The monoisotopic (exact) mass is 369 g/mol. The van der Waals surface area contributed by atoms with Gasteiger partial charge in [0.1, 0.15) is 0 Å². The van der Waals surface area contributed by atoms with Crippen LogP contribution in [0.1, 0.15) is 4.88 Å². The van der Waals surface area contributed by atoms with Crippen LogP contribution in [-0.2, 0) is 10.0 Å². The van der Waals surface area contributed by atoms with E-state index in [2.05, 4.69) is 4.98 Å². The van der Waals surface area contributed by atoms with Crippen molar-refractivity contribution in [3.63, 3.8) is 0 Å². The van der Waals surface area contributed by atoms with Crippen LogP contribution < -0.4 is 5.73 Å². The number of nitrogens with zero attached hydrogens (tertiary/aromatic N) is 2. The van der Waals surface area contributed by atoms with Crippen molar-refractivity contribution in [2.75, 3.05) is 5.73 Å². The van der Waals surface area contributed by atoms with E-state index in [4.69, 9.17) is 5.73 Å². The Kier molecular flexibility index (Phi) is 3.63. The number of aryl methyl sites for hydroxylation is 1. The van der Waals surface area contributed by atoms with E-state index < -0.39 is 10.0 Å². The second kappa shape index (κ2) is 5.72. The van der Waals surface area contributed by atoms with E-state index in [1.165, 1.54) is 15.3 Å². The summed E-state index contributed by atoms with van der Waals surface area (Å²) in [4.78, 5) is 5.59. The highest BCUT2D eigenvalue weighted by atomic mass is 32.2. The molecule has 4 aromatic rings. The van der Waals surface area contributed by atoms with Crippen LogP contribution in [0, 0.1) is 6.92 Å². The van der Waals surface area contributed by atoms with E-state index in [1.807, 2.05) is 25.1 Å². The summed E-state index contributed by atoms with van der Waals surface area (Å²) in [5.41, 5.74) is 7.93. The molecule has 5 nitrogen and oxygen atoms in total. The quantitative estimate of drug-likeness (QED) is 0.594. The number of benzene rings is 2. The van der Waals surface area contributed by atoms with Crippen LogP contribution in [0.25, 0.3) is 22.2 Å². The molecule has 7 heteroatoms. The molecule has 0 saturated carbocycles. The number of para-hydroxylation sites is 1. The first-order valence-electron chi connectivity index (χ1n) is 7.62. The zero-order chi connectivity index (χ0) is 17.6. The first-order valence-corrected chi connectivity index (χ1v) is 9.88. The predicted octanol–water partition coefficient (Wildman–Crippen LogP) is 3.89. The third kappa shape index (κ3) is 2.52. The molecule has 0 saturated heterocycles. The molecule has 0 aliphatic rings. The molecule has 2 aromatic heterocycles. The Labute approximate surface area is 149 Å². The fourth-order valence-corrected chi connectivity index (χ4v) is 5.00. The van der Waals surface area contributed by atoms with Crippen molar-refractivity contribution in [3.8, 4) is 11.3 Å². The lowest BCUT2D eigenvalue weighted by Crippen LogP contribution is -2.11. The average molecular weight is 369 g/mol. The summed E-state index contributed by atoms with van der Waals surface area (Å²) in [6.45, 7) is 1.93. The molecule has 2 aromatic carbocycles. The lowest BCUT2D eigenvalue weighted by molar-refractivity contribution is 0.589. The Bertz CT molecular complexity index is 1180. The van der Waals surface area contributed by atoms with Crippen LogP contribution in [0.15, 0.2) is 65.7 Å². The van der Waals surface area contributed by atoms with E-state index in [0.29, 0.717) is 10.6 Å². The van der Waals surface area contributed by atoms with Gasteiger partial charge in [-0.2, -0.15) is 0 Å². The fourth-order valence-electron chi connectivity index (χ4n) is 2.91. The molecule has 0 spiro atoms. The maximum atomic E-state index is 13.1. The number of nitrogen functional groups attached to an aromatic ring is 1. The summed E-state index contributed by atoms with van der Waals surface area (Å²) < 4.78 is 27.5. The lowest BCUT2D eigenvalue weighted by atomic mass is 10.1. The second-order valence-corrected chi connectivity index (χ2v) is 8.68. The van der Waals surface area contributed by atoms with Crippen molar-refractivity contribution in [2.24, 2.45) is 0 Å². The standard InChI is InChI=1S/C18H15N3O2S2/c1-12-17(20-18(19)24-12)15-11-21(16-10-6-5-9-14(15)16)25(22,23)13-7-3-2-4-8-13/h2-11H,1H3,(H2,19,20). The molecule has 25 heavy (non-hydrogen) atoms. The van der Waals surface area contributed by atoms with Gasteiger partial charge in [-0.3, -0.25) is 0 Å². The molecule has 0 atom stereocenters. The number of nitrogens with two attached hydrogens (primary N) is 1. The molecular formula is C18H15N3O2S2. The van der Waals surface area contributed by atoms with Gasteiger partial charge in [0.25, 0.3) is 10.0 Å². The van der Waals surface area contributed by atoms with Crippen LogP contribution in [0.2, 0.25) is 0 Å². The van der Waals surface area contributed by atoms with Gasteiger partial charge in [-0.1, -0.05) is 36.4 Å². The van der Waals surface area contributed by atoms with Gasteiger partial charge in [0, 0.05) is 22.0 Å². The largest absolute Gasteiger partial charge is 0.375 e. The van der Waals surface area contributed by atoms with Crippen LogP contribution in [-0.4, -0.2) is 17.4 Å². The summed E-state index contributed by atoms with van der Waals surface area (Å²) in [6.07, 6.45) is 1.63. The van der Waals surface area contributed by atoms with Crippen LogP contribution in [0.5, 0.6) is 0 Å². The lowest BCUT2D eigenvalue weighted by Gasteiger charge is -2.07. The summed E-state index contributed by atoms with van der Waals surface area (Å²) in [5, 5.41) is 1.30. The number of anilines is 1. The molecule has 2 heterocycles. The molecule has 126 valence electrons. The third-order valence-electron chi connectivity index (χ3n) is 4.05. The Hall–Kier alpha value is -2.64. The Morgan fingerprint density at radius 2 is 1.72 bits per heavy atom. The Balaban J connectivity index is 2.03. The highest BCUT2D eigenvalue weighted by molar-refractivity contribution is 7.90. The van der Waals surface area contributed by atoms with Crippen LogP contribution in [0.4, 0.5) is 5.13 Å². The molecule has 0 bridgehead atoms. The van der Waals surface area contributed by atoms with Crippen molar-refractivity contribution in [3.05, 3.63) is 65.7 Å². The maximum absolute atomic E-state index is 13.1. The predicted molar refractivity (Wildman–Crippen MR) is 101 cm³/mol. The number of rotatable bonds is 3. The Morgan fingerprint density at radius 3 is 2.40 bits per heavy atom. The van der Waals surface area contributed by atoms with Gasteiger partial charge in [-0.15, -0.1) is 11.3 Å². The van der Waals surface area contributed by atoms with Crippen molar-refractivity contribution >= 4 is 37.4 Å². The molecule has 0 fully saturated rings. The topological polar surface area (TPSA) is 78.0 Å². The van der Waals surface area contributed by atoms with E-state index >= 15 is 0 Å². The van der Waals surface area contributed by atoms with Crippen molar-refractivity contribution in [2.45, 2.75) is 11.8 Å². The molecule has 0 aliphatic carbocycles. The van der Waals surface area contributed by atoms with Gasteiger partial charge in [-0.05, 0) is 25.1 Å². The molecule has 0 radical (unpaired) electrons. The van der Waals surface area contributed by atoms with Gasteiger partial charge < -0.3 is 5.73 Å². The molecule has 0 aliphatic heterocycles. The van der Waals surface area contributed by atoms with E-state index in [0.717, 1.165) is 21.5 Å². The molecule has 2 N–H and O–H groups in total.